The van der Waals surface area contributed by atoms with Crippen LogP contribution in [-0.4, -0.2) is 45.2 Å². The van der Waals surface area contributed by atoms with Crippen molar-refractivity contribution in [1.29, 1.82) is 0 Å². The van der Waals surface area contributed by atoms with Crippen molar-refractivity contribution in [2.75, 3.05) is 45.2 Å². The Labute approximate surface area is 120 Å². The zero-order valence-corrected chi connectivity index (χ0v) is 12.5. The molecule has 1 atom stereocenters. The van der Waals surface area contributed by atoms with E-state index in [4.69, 9.17) is 11.6 Å². The van der Waals surface area contributed by atoms with Gasteiger partial charge in [0, 0.05) is 51.0 Å². The Balaban J connectivity index is 2.25. The SMILES string of the molecule is C=C[C@@H](c1ccc(N(C)C)cc1Cl)N1CCNCC1. The van der Waals surface area contributed by atoms with Crippen molar-refractivity contribution in [2.45, 2.75) is 6.04 Å². The van der Waals surface area contributed by atoms with Gasteiger partial charge in [0.05, 0.1) is 6.04 Å². The summed E-state index contributed by atoms with van der Waals surface area (Å²) in [6.45, 7) is 8.09. The fraction of sp³-hybridized carbons (Fsp3) is 0.467. The summed E-state index contributed by atoms with van der Waals surface area (Å²) in [5, 5.41) is 4.18. The summed E-state index contributed by atoms with van der Waals surface area (Å²) in [5.41, 5.74) is 2.26. The molecule has 1 aromatic carbocycles. The highest BCUT2D eigenvalue weighted by atomic mass is 35.5. The van der Waals surface area contributed by atoms with Crippen LogP contribution in [0.4, 0.5) is 5.69 Å². The number of hydrogen-bond acceptors (Lipinski definition) is 3. The maximum atomic E-state index is 6.45. The molecule has 104 valence electrons. The van der Waals surface area contributed by atoms with Crippen molar-refractivity contribution in [1.82, 2.24) is 10.2 Å². The first kappa shape index (κ1) is 14.4. The van der Waals surface area contributed by atoms with E-state index in [9.17, 15) is 0 Å². The molecule has 0 spiro atoms. The van der Waals surface area contributed by atoms with Crippen LogP contribution in [0.2, 0.25) is 5.02 Å². The van der Waals surface area contributed by atoms with Gasteiger partial charge in [-0.05, 0) is 17.7 Å². The maximum Gasteiger partial charge on any atom is 0.0544 e. The molecular weight excluding hydrogens is 258 g/mol. The zero-order chi connectivity index (χ0) is 13.8. The van der Waals surface area contributed by atoms with E-state index in [2.05, 4.69) is 33.8 Å². The van der Waals surface area contributed by atoms with E-state index in [1.165, 1.54) is 0 Å². The Morgan fingerprint density at radius 3 is 2.58 bits per heavy atom. The number of hydrogen-bond donors (Lipinski definition) is 1. The Kier molecular flexibility index (Phi) is 4.86. The van der Waals surface area contributed by atoms with Crippen molar-refractivity contribution in [3.8, 4) is 0 Å². The highest BCUT2D eigenvalue weighted by Gasteiger charge is 2.21. The highest BCUT2D eigenvalue weighted by Crippen LogP contribution is 2.31. The molecule has 0 amide bonds. The molecule has 3 nitrogen and oxygen atoms in total. The summed E-state index contributed by atoms with van der Waals surface area (Å²) in [7, 11) is 4.04. The number of nitrogens with one attached hydrogen (secondary N) is 1. The lowest BCUT2D eigenvalue weighted by atomic mass is 10.0. The summed E-state index contributed by atoms with van der Waals surface area (Å²) in [4.78, 5) is 4.48. The van der Waals surface area contributed by atoms with Crippen LogP contribution >= 0.6 is 11.6 Å². The molecule has 1 aliphatic rings. The van der Waals surface area contributed by atoms with Crippen LogP contribution in [0.3, 0.4) is 0 Å². The van der Waals surface area contributed by atoms with Crippen molar-refractivity contribution >= 4 is 17.3 Å². The number of nitrogens with zero attached hydrogens (tertiary/aromatic N) is 2. The minimum atomic E-state index is 0.200. The Morgan fingerprint density at radius 2 is 2.05 bits per heavy atom. The van der Waals surface area contributed by atoms with Crippen molar-refractivity contribution in [3.05, 3.63) is 41.4 Å². The molecule has 0 unspecified atom stereocenters. The van der Waals surface area contributed by atoms with Crippen LogP contribution in [0.25, 0.3) is 0 Å². The number of anilines is 1. The lowest BCUT2D eigenvalue weighted by Gasteiger charge is -2.34. The normalized spacial score (nSPS) is 18.1. The third-order valence-corrected chi connectivity index (χ3v) is 3.91. The standard InChI is InChI=1S/C15H22ClN3/c1-4-15(19-9-7-17-8-10-19)13-6-5-12(18(2)3)11-14(13)16/h4-6,11,15,17H,1,7-10H2,2-3H3/t15-/m0/s1. The molecule has 0 radical (unpaired) electrons. The average Bonchev–Trinajstić information content (AvgIpc) is 2.42. The minimum absolute atomic E-state index is 0.200. The van der Waals surface area contributed by atoms with Gasteiger partial charge in [0.15, 0.2) is 0 Å². The first-order valence-corrected chi connectivity index (χ1v) is 7.05. The largest absolute Gasteiger partial charge is 0.378 e. The second-order valence-corrected chi connectivity index (χ2v) is 5.47. The van der Waals surface area contributed by atoms with E-state index in [-0.39, 0.29) is 6.04 Å². The monoisotopic (exact) mass is 279 g/mol. The molecule has 1 aliphatic heterocycles. The van der Waals surface area contributed by atoms with Gasteiger partial charge >= 0.3 is 0 Å². The van der Waals surface area contributed by atoms with Gasteiger partial charge in [-0.25, -0.2) is 0 Å². The summed E-state index contributed by atoms with van der Waals surface area (Å²) < 4.78 is 0. The van der Waals surface area contributed by atoms with E-state index in [1.807, 2.05) is 26.2 Å². The minimum Gasteiger partial charge on any atom is -0.378 e. The number of halogens is 1. The second kappa shape index (κ2) is 6.42. The molecule has 0 bridgehead atoms. The van der Waals surface area contributed by atoms with Gasteiger partial charge < -0.3 is 10.2 Å². The third kappa shape index (κ3) is 3.30. The molecule has 4 heteroatoms. The van der Waals surface area contributed by atoms with Crippen molar-refractivity contribution in [3.63, 3.8) is 0 Å². The first-order valence-electron chi connectivity index (χ1n) is 6.67. The van der Waals surface area contributed by atoms with Crippen LogP contribution in [0.1, 0.15) is 11.6 Å². The summed E-state index contributed by atoms with van der Waals surface area (Å²) in [6.07, 6.45) is 1.99. The second-order valence-electron chi connectivity index (χ2n) is 5.07. The molecule has 0 aliphatic carbocycles. The van der Waals surface area contributed by atoms with E-state index in [1.54, 1.807) is 0 Å². The molecule has 0 saturated carbocycles. The predicted octanol–water partition coefficient (Wildman–Crippen LogP) is 2.54. The molecule has 19 heavy (non-hydrogen) atoms. The zero-order valence-electron chi connectivity index (χ0n) is 11.7. The number of piperazine rings is 1. The van der Waals surface area contributed by atoms with E-state index in [0.717, 1.165) is 42.5 Å². The predicted molar refractivity (Wildman–Crippen MR) is 83.2 cm³/mol. The lowest BCUT2D eigenvalue weighted by molar-refractivity contribution is 0.203. The smallest absolute Gasteiger partial charge is 0.0544 e. The number of rotatable bonds is 4. The quantitative estimate of drug-likeness (QED) is 0.855. The topological polar surface area (TPSA) is 18.5 Å². The van der Waals surface area contributed by atoms with Crippen LogP contribution in [-0.2, 0) is 0 Å². The maximum absolute atomic E-state index is 6.45. The van der Waals surface area contributed by atoms with E-state index >= 15 is 0 Å². The van der Waals surface area contributed by atoms with Gasteiger partial charge in [0.2, 0.25) is 0 Å². The third-order valence-electron chi connectivity index (χ3n) is 3.59. The van der Waals surface area contributed by atoms with Gasteiger partial charge in [0.25, 0.3) is 0 Å². The Hall–Kier alpha value is -1.03. The average molecular weight is 280 g/mol. The van der Waals surface area contributed by atoms with Crippen molar-refractivity contribution in [2.24, 2.45) is 0 Å². The van der Waals surface area contributed by atoms with Crippen LogP contribution < -0.4 is 10.2 Å². The van der Waals surface area contributed by atoms with Crippen LogP contribution in [0.5, 0.6) is 0 Å². The number of benzene rings is 1. The highest BCUT2D eigenvalue weighted by molar-refractivity contribution is 6.31. The van der Waals surface area contributed by atoms with Gasteiger partial charge in [-0.1, -0.05) is 23.7 Å². The van der Waals surface area contributed by atoms with Crippen LogP contribution in [0, 0.1) is 0 Å². The van der Waals surface area contributed by atoms with E-state index in [0.29, 0.717) is 0 Å². The Bertz CT molecular complexity index is 439. The molecule has 1 N–H and O–H groups in total. The van der Waals surface area contributed by atoms with Gasteiger partial charge in [-0.3, -0.25) is 4.90 Å². The summed E-state index contributed by atoms with van der Waals surface area (Å²) >= 11 is 6.45. The van der Waals surface area contributed by atoms with Gasteiger partial charge in [-0.15, -0.1) is 6.58 Å². The summed E-state index contributed by atoms with van der Waals surface area (Å²) in [6, 6.07) is 6.45. The molecule has 1 heterocycles. The molecular formula is C15H22ClN3. The first-order chi connectivity index (χ1) is 9.13. The fourth-order valence-corrected chi connectivity index (χ4v) is 2.75. The van der Waals surface area contributed by atoms with Gasteiger partial charge in [-0.2, -0.15) is 0 Å². The van der Waals surface area contributed by atoms with Gasteiger partial charge in [0.1, 0.15) is 0 Å². The Morgan fingerprint density at radius 1 is 1.37 bits per heavy atom. The molecule has 0 aromatic heterocycles. The summed E-state index contributed by atoms with van der Waals surface area (Å²) in [5.74, 6) is 0. The van der Waals surface area contributed by atoms with E-state index < -0.39 is 0 Å². The van der Waals surface area contributed by atoms with Crippen molar-refractivity contribution < 1.29 is 0 Å². The molecule has 1 fully saturated rings. The molecule has 1 saturated heterocycles. The fourth-order valence-electron chi connectivity index (χ4n) is 2.47. The van der Waals surface area contributed by atoms with Crippen LogP contribution in [0.15, 0.2) is 30.9 Å². The molecule has 2 rings (SSSR count). The molecule has 1 aromatic rings. The lowest BCUT2D eigenvalue weighted by Crippen LogP contribution is -2.44.